The molecule has 2 aliphatic rings. The molecule has 2 fully saturated rings. The van der Waals surface area contributed by atoms with Crippen LogP contribution < -0.4 is 5.73 Å². The van der Waals surface area contributed by atoms with Crippen molar-refractivity contribution in [2.24, 2.45) is 11.7 Å². The molecular formula is C11H20N2O2. The number of carbonyl (C=O) groups is 1. The van der Waals surface area contributed by atoms with E-state index in [1.807, 2.05) is 4.90 Å². The number of rotatable bonds is 1. The van der Waals surface area contributed by atoms with E-state index in [2.05, 4.69) is 0 Å². The normalized spacial score (nSPS) is 36.9. The van der Waals surface area contributed by atoms with E-state index < -0.39 is 0 Å². The minimum Gasteiger partial charge on any atom is -0.391 e. The van der Waals surface area contributed by atoms with Gasteiger partial charge in [-0.15, -0.1) is 0 Å². The van der Waals surface area contributed by atoms with Crippen molar-refractivity contribution in [1.82, 2.24) is 4.90 Å². The number of nitrogens with zero attached hydrogens (tertiary/aromatic N) is 1. The fourth-order valence-corrected chi connectivity index (χ4v) is 2.57. The van der Waals surface area contributed by atoms with E-state index in [1.165, 1.54) is 0 Å². The second kappa shape index (κ2) is 4.49. The van der Waals surface area contributed by atoms with Gasteiger partial charge in [0.15, 0.2) is 0 Å². The minimum absolute atomic E-state index is 0.162. The summed E-state index contributed by atoms with van der Waals surface area (Å²) in [5.74, 6) is 0.397. The van der Waals surface area contributed by atoms with E-state index in [0.717, 1.165) is 38.6 Å². The van der Waals surface area contributed by atoms with E-state index in [1.54, 1.807) is 0 Å². The summed E-state index contributed by atoms with van der Waals surface area (Å²) in [6, 6.07) is 0.290. The molecule has 1 atom stereocenters. The van der Waals surface area contributed by atoms with Gasteiger partial charge in [-0.2, -0.15) is 0 Å². The molecular weight excluding hydrogens is 192 g/mol. The zero-order valence-electron chi connectivity index (χ0n) is 9.06. The Morgan fingerprint density at radius 1 is 1.20 bits per heavy atom. The Balaban J connectivity index is 1.85. The Labute approximate surface area is 90.4 Å². The Morgan fingerprint density at radius 2 is 1.87 bits per heavy atom. The summed E-state index contributed by atoms with van der Waals surface area (Å²) in [5, 5.41) is 9.38. The highest BCUT2D eigenvalue weighted by atomic mass is 16.3. The molecule has 0 bridgehead atoms. The first-order chi connectivity index (χ1) is 7.16. The highest BCUT2D eigenvalue weighted by Crippen LogP contribution is 2.26. The van der Waals surface area contributed by atoms with Gasteiger partial charge in [0.1, 0.15) is 0 Å². The molecule has 3 N–H and O–H groups in total. The summed E-state index contributed by atoms with van der Waals surface area (Å²) >= 11 is 0. The summed E-state index contributed by atoms with van der Waals surface area (Å²) in [6.45, 7) is 1.25. The smallest absolute Gasteiger partial charge is 0.225 e. The van der Waals surface area contributed by atoms with Crippen LogP contribution in [0.2, 0.25) is 0 Å². The van der Waals surface area contributed by atoms with Crippen molar-refractivity contribution in [2.75, 3.05) is 13.1 Å². The van der Waals surface area contributed by atoms with Gasteiger partial charge in [-0.05, 0) is 32.1 Å². The second-order valence-corrected chi connectivity index (χ2v) is 4.84. The number of hydrogen-bond acceptors (Lipinski definition) is 3. The molecule has 4 heteroatoms. The van der Waals surface area contributed by atoms with Crippen molar-refractivity contribution in [3.05, 3.63) is 0 Å². The molecule has 2 rings (SSSR count). The fourth-order valence-electron chi connectivity index (χ4n) is 2.57. The minimum atomic E-state index is -0.306. The lowest BCUT2D eigenvalue weighted by Gasteiger charge is -2.28. The molecule has 1 amide bonds. The van der Waals surface area contributed by atoms with Crippen LogP contribution in [0.25, 0.3) is 0 Å². The SMILES string of the molecule is NC1CCC(C(=O)N2CC[C@@H](O)C2)CC1. The number of carbonyl (C=O) groups excluding carboxylic acids is 1. The number of β-amino-alcohol motifs (C(OH)–C–C–N with tert-alkyl or cyclic N) is 1. The van der Waals surface area contributed by atoms with E-state index in [9.17, 15) is 9.90 Å². The molecule has 1 saturated carbocycles. The predicted molar refractivity (Wildman–Crippen MR) is 57.1 cm³/mol. The van der Waals surface area contributed by atoms with Gasteiger partial charge in [0, 0.05) is 25.0 Å². The van der Waals surface area contributed by atoms with E-state index in [0.29, 0.717) is 12.6 Å². The van der Waals surface area contributed by atoms with Crippen molar-refractivity contribution in [1.29, 1.82) is 0 Å². The number of likely N-dealkylation sites (tertiary alicyclic amines) is 1. The first kappa shape index (κ1) is 10.9. The largest absolute Gasteiger partial charge is 0.391 e. The third-order valence-corrected chi connectivity index (χ3v) is 3.60. The summed E-state index contributed by atoms with van der Waals surface area (Å²) < 4.78 is 0. The maximum absolute atomic E-state index is 12.0. The Hall–Kier alpha value is -0.610. The van der Waals surface area contributed by atoms with Crippen LogP contribution in [-0.4, -0.2) is 41.1 Å². The van der Waals surface area contributed by atoms with Crippen molar-refractivity contribution >= 4 is 5.91 Å². The average molecular weight is 212 g/mol. The number of amides is 1. The van der Waals surface area contributed by atoms with E-state index in [4.69, 9.17) is 5.73 Å². The van der Waals surface area contributed by atoms with Crippen molar-refractivity contribution in [2.45, 2.75) is 44.2 Å². The molecule has 1 aliphatic heterocycles. The second-order valence-electron chi connectivity index (χ2n) is 4.84. The van der Waals surface area contributed by atoms with Crippen LogP contribution in [0.1, 0.15) is 32.1 Å². The number of aliphatic hydroxyl groups excluding tert-OH is 1. The van der Waals surface area contributed by atoms with Gasteiger partial charge in [0.2, 0.25) is 5.91 Å². The van der Waals surface area contributed by atoms with Crippen LogP contribution in [-0.2, 0) is 4.79 Å². The maximum atomic E-state index is 12.0. The Morgan fingerprint density at radius 3 is 2.40 bits per heavy atom. The zero-order valence-corrected chi connectivity index (χ0v) is 9.06. The molecule has 1 saturated heterocycles. The summed E-state index contributed by atoms with van der Waals surface area (Å²) in [7, 11) is 0. The monoisotopic (exact) mass is 212 g/mol. The molecule has 15 heavy (non-hydrogen) atoms. The van der Waals surface area contributed by atoms with E-state index in [-0.39, 0.29) is 17.9 Å². The Bertz CT molecular complexity index is 237. The standard InChI is InChI=1S/C11H20N2O2/c12-9-3-1-8(2-4-9)11(15)13-6-5-10(14)7-13/h8-10,14H,1-7,12H2/t8?,9?,10-/m1/s1. The lowest BCUT2D eigenvalue weighted by Crippen LogP contribution is -2.38. The number of nitrogens with two attached hydrogens (primary N) is 1. The molecule has 1 aliphatic carbocycles. The third kappa shape index (κ3) is 2.49. The topological polar surface area (TPSA) is 66.6 Å². The number of hydrogen-bond donors (Lipinski definition) is 2. The van der Waals surface area contributed by atoms with Gasteiger partial charge in [-0.1, -0.05) is 0 Å². The van der Waals surface area contributed by atoms with Gasteiger partial charge in [0.25, 0.3) is 0 Å². The molecule has 0 radical (unpaired) electrons. The highest BCUT2D eigenvalue weighted by Gasteiger charge is 2.31. The van der Waals surface area contributed by atoms with Crippen LogP contribution >= 0.6 is 0 Å². The van der Waals surface area contributed by atoms with Crippen LogP contribution in [0, 0.1) is 5.92 Å². The summed E-state index contributed by atoms with van der Waals surface area (Å²) in [5.41, 5.74) is 5.81. The molecule has 0 aromatic rings. The third-order valence-electron chi connectivity index (χ3n) is 3.60. The first-order valence-electron chi connectivity index (χ1n) is 5.89. The first-order valence-corrected chi connectivity index (χ1v) is 5.89. The fraction of sp³-hybridized carbons (Fsp3) is 0.909. The van der Waals surface area contributed by atoms with Gasteiger partial charge in [0.05, 0.1) is 6.10 Å². The van der Waals surface area contributed by atoms with Crippen LogP contribution in [0.4, 0.5) is 0 Å². The molecule has 4 nitrogen and oxygen atoms in total. The van der Waals surface area contributed by atoms with Gasteiger partial charge in [-0.25, -0.2) is 0 Å². The highest BCUT2D eigenvalue weighted by molar-refractivity contribution is 5.79. The maximum Gasteiger partial charge on any atom is 0.225 e. The van der Waals surface area contributed by atoms with Gasteiger partial charge < -0.3 is 15.7 Å². The quantitative estimate of drug-likeness (QED) is 0.647. The summed E-state index contributed by atoms with van der Waals surface area (Å²) in [4.78, 5) is 13.8. The van der Waals surface area contributed by atoms with Crippen molar-refractivity contribution < 1.29 is 9.90 Å². The Kier molecular flexibility index (Phi) is 3.26. The van der Waals surface area contributed by atoms with Crippen LogP contribution in [0.3, 0.4) is 0 Å². The van der Waals surface area contributed by atoms with E-state index >= 15 is 0 Å². The van der Waals surface area contributed by atoms with Crippen LogP contribution in [0.15, 0.2) is 0 Å². The van der Waals surface area contributed by atoms with Crippen molar-refractivity contribution in [3.63, 3.8) is 0 Å². The lowest BCUT2D eigenvalue weighted by molar-refractivity contribution is -0.135. The van der Waals surface area contributed by atoms with Gasteiger partial charge >= 0.3 is 0 Å². The predicted octanol–water partition coefficient (Wildman–Crippen LogP) is 0.0971. The molecule has 1 heterocycles. The lowest BCUT2D eigenvalue weighted by atomic mass is 9.85. The van der Waals surface area contributed by atoms with Crippen LogP contribution in [0.5, 0.6) is 0 Å². The molecule has 86 valence electrons. The zero-order chi connectivity index (χ0) is 10.8. The van der Waals surface area contributed by atoms with Crippen molar-refractivity contribution in [3.8, 4) is 0 Å². The van der Waals surface area contributed by atoms with Gasteiger partial charge in [-0.3, -0.25) is 4.79 Å². The summed E-state index contributed by atoms with van der Waals surface area (Å²) in [6.07, 6.45) is 4.20. The molecule has 0 unspecified atom stereocenters. The average Bonchev–Trinajstić information content (AvgIpc) is 2.65. The molecule has 0 spiro atoms. The molecule has 0 aromatic carbocycles. The molecule has 0 aromatic heterocycles. The number of aliphatic hydroxyl groups is 1.